The van der Waals surface area contributed by atoms with Crippen LogP contribution in [0.2, 0.25) is 5.15 Å². The fourth-order valence-corrected chi connectivity index (χ4v) is 4.29. The molecule has 28 heavy (non-hydrogen) atoms. The number of halogens is 2. The Bertz CT molecular complexity index is 841. The highest BCUT2D eigenvalue weighted by Crippen LogP contribution is 2.35. The maximum atomic E-state index is 6.06. The van der Waals surface area contributed by atoms with Crippen molar-refractivity contribution in [1.29, 1.82) is 0 Å². The minimum absolute atomic E-state index is 0.314. The summed E-state index contributed by atoms with van der Waals surface area (Å²) in [6.45, 7) is 6.40. The van der Waals surface area contributed by atoms with Gasteiger partial charge >= 0.3 is 0 Å². The van der Waals surface area contributed by atoms with Crippen molar-refractivity contribution < 1.29 is 4.74 Å². The Labute approximate surface area is 183 Å². The van der Waals surface area contributed by atoms with Gasteiger partial charge in [-0.2, -0.15) is 0 Å². The van der Waals surface area contributed by atoms with E-state index < -0.39 is 0 Å². The lowest BCUT2D eigenvalue weighted by atomic mass is 10.1. The van der Waals surface area contributed by atoms with E-state index in [0.29, 0.717) is 11.2 Å². The summed E-state index contributed by atoms with van der Waals surface area (Å²) in [4.78, 5) is 8.33. The molecule has 5 nitrogen and oxygen atoms in total. The van der Waals surface area contributed by atoms with E-state index in [0.717, 1.165) is 53.0 Å². The third kappa shape index (κ3) is 6.97. The van der Waals surface area contributed by atoms with Gasteiger partial charge in [0.15, 0.2) is 0 Å². The standard InChI is InChI=1S/C13H9BrClN3S.C5H11NO.C2H6/c14-9-7-19-13-10(5-11(15)18-12(9)13)17-6-8-1-3-16-4-2-8;6-5-2-1-3-7-4-5;1-2/h1-5,7H,6H2,(H,17,18);5H,1-4,6H2;1-2H3. The monoisotopic (exact) mass is 484 g/mol. The molecule has 3 N–H and O–H groups in total. The molecule has 0 saturated carbocycles. The van der Waals surface area contributed by atoms with E-state index in [1.807, 2.05) is 37.4 Å². The molecule has 3 aromatic heterocycles. The van der Waals surface area contributed by atoms with E-state index in [1.54, 1.807) is 23.7 Å². The Morgan fingerprint density at radius 1 is 1.36 bits per heavy atom. The van der Waals surface area contributed by atoms with E-state index in [2.05, 4.69) is 31.2 Å². The van der Waals surface area contributed by atoms with Crippen LogP contribution in [0.1, 0.15) is 32.3 Å². The van der Waals surface area contributed by atoms with Crippen LogP contribution in [-0.4, -0.2) is 29.2 Å². The number of fused-ring (bicyclic) bond motifs is 1. The summed E-state index contributed by atoms with van der Waals surface area (Å²) in [5.74, 6) is 0. The minimum atomic E-state index is 0.314. The van der Waals surface area contributed by atoms with Crippen LogP contribution in [-0.2, 0) is 11.3 Å². The summed E-state index contributed by atoms with van der Waals surface area (Å²) in [6.07, 6.45) is 5.85. The number of thiophene rings is 1. The molecule has 1 fully saturated rings. The molecule has 0 bridgehead atoms. The quantitative estimate of drug-likeness (QED) is 0.454. The van der Waals surface area contributed by atoms with E-state index in [9.17, 15) is 0 Å². The first-order chi connectivity index (χ1) is 13.6. The van der Waals surface area contributed by atoms with Crippen LogP contribution in [0.25, 0.3) is 10.2 Å². The van der Waals surface area contributed by atoms with Gasteiger partial charge in [-0.15, -0.1) is 11.3 Å². The molecule has 1 aliphatic rings. The molecule has 0 amide bonds. The molecule has 1 saturated heterocycles. The second kappa shape index (κ2) is 12.3. The number of anilines is 1. The molecular weight excluding hydrogens is 460 g/mol. The van der Waals surface area contributed by atoms with Crippen LogP contribution in [0.15, 0.2) is 40.4 Å². The summed E-state index contributed by atoms with van der Waals surface area (Å²) >= 11 is 11.2. The molecule has 0 aromatic carbocycles. The fraction of sp³-hybridized carbons (Fsp3) is 0.400. The zero-order valence-electron chi connectivity index (χ0n) is 16.1. The van der Waals surface area contributed by atoms with Crippen molar-refractivity contribution in [3.05, 3.63) is 51.2 Å². The van der Waals surface area contributed by atoms with Crippen molar-refractivity contribution in [2.24, 2.45) is 5.73 Å². The minimum Gasteiger partial charge on any atom is -0.380 e. The molecule has 4 heterocycles. The lowest BCUT2D eigenvalue weighted by Gasteiger charge is -2.16. The van der Waals surface area contributed by atoms with Crippen LogP contribution in [0.5, 0.6) is 0 Å². The molecule has 8 heteroatoms. The van der Waals surface area contributed by atoms with Gasteiger partial charge in [-0.05, 0) is 46.5 Å². The van der Waals surface area contributed by atoms with Gasteiger partial charge in [-0.25, -0.2) is 4.98 Å². The number of nitrogens with one attached hydrogen (secondary N) is 1. The molecule has 0 radical (unpaired) electrons. The topological polar surface area (TPSA) is 73.1 Å². The fourth-order valence-electron chi connectivity index (χ4n) is 2.54. The highest BCUT2D eigenvalue weighted by Gasteiger charge is 2.10. The van der Waals surface area contributed by atoms with Crippen molar-refractivity contribution in [2.45, 2.75) is 39.3 Å². The van der Waals surface area contributed by atoms with Gasteiger partial charge in [0.1, 0.15) is 5.15 Å². The van der Waals surface area contributed by atoms with Crippen LogP contribution in [0, 0.1) is 0 Å². The van der Waals surface area contributed by atoms with Gasteiger partial charge < -0.3 is 15.8 Å². The third-order valence-electron chi connectivity index (χ3n) is 3.88. The van der Waals surface area contributed by atoms with Crippen LogP contribution in [0.4, 0.5) is 5.69 Å². The van der Waals surface area contributed by atoms with Crippen LogP contribution in [0.3, 0.4) is 0 Å². The van der Waals surface area contributed by atoms with Crippen molar-refractivity contribution in [3.63, 3.8) is 0 Å². The first-order valence-electron chi connectivity index (χ1n) is 9.33. The van der Waals surface area contributed by atoms with E-state index in [1.165, 1.54) is 5.56 Å². The van der Waals surface area contributed by atoms with E-state index >= 15 is 0 Å². The van der Waals surface area contributed by atoms with Crippen molar-refractivity contribution in [2.75, 3.05) is 18.5 Å². The predicted octanol–water partition coefficient (Wildman–Crippen LogP) is 5.87. The number of nitrogens with two attached hydrogens (primary N) is 1. The van der Waals surface area contributed by atoms with Gasteiger partial charge in [0.25, 0.3) is 0 Å². The molecule has 4 rings (SSSR count). The van der Waals surface area contributed by atoms with Crippen molar-refractivity contribution >= 4 is 54.8 Å². The van der Waals surface area contributed by atoms with Gasteiger partial charge in [-0.1, -0.05) is 25.4 Å². The second-order valence-corrected chi connectivity index (χ2v) is 8.06. The third-order valence-corrected chi connectivity index (χ3v) is 5.98. The highest BCUT2D eigenvalue weighted by molar-refractivity contribution is 9.10. The molecular formula is C20H26BrClN4OS. The molecule has 3 aromatic rings. The summed E-state index contributed by atoms with van der Waals surface area (Å²) in [7, 11) is 0. The number of nitrogens with zero attached hydrogens (tertiary/aromatic N) is 2. The second-order valence-electron chi connectivity index (χ2n) is 5.94. The predicted molar refractivity (Wildman–Crippen MR) is 123 cm³/mol. The van der Waals surface area contributed by atoms with Gasteiger partial charge in [0.05, 0.1) is 27.0 Å². The average Bonchev–Trinajstić information content (AvgIpc) is 3.10. The van der Waals surface area contributed by atoms with Crippen molar-refractivity contribution in [1.82, 2.24) is 9.97 Å². The molecule has 152 valence electrons. The van der Waals surface area contributed by atoms with E-state index in [-0.39, 0.29) is 0 Å². The first kappa shape index (κ1) is 23.0. The largest absolute Gasteiger partial charge is 0.380 e. The Kier molecular flexibility index (Phi) is 10.2. The lowest BCUT2D eigenvalue weighted by Crippen LogP contribution is -2.30. The normalized spacial score (nSPS) is 15.8. The van der Waals surface area contributed by atoms with Gasteiger partial charge in [0.2, 0.25) is 0 Å². The molecule has 0 spiro atoms. The number of rotatable bonds is 3. The lowest BCUT2D eigenvalue weighted by molar-refractivity contribution is 0.0822. The van der Waals surface area contributed by atoms with Gasteiger partial charge in [0, 0.05) is 43.0 Å². The number of hydrogen-bond donors (Lipinski definition) is 2. The summed E-state index contributed by atoms with van der Waals surface area (Å²) in [5.41, 5.74) is 8.58. The Morgan fingerprint density at radius 2 is 2.11 bits per heavy atom. The molecule has 1 unspecified atom stereocenters. The smallest absolute Gasteiger partial charge is 0.131 e. The zero-order chi connectivity index (χ0) is 20.4. The maximum absolute atomic E-state index is 6.06. The Balaban J connectivity index is 0.000000261. The number of ether oxygens (including phenoxy) is 1. The number of pyridine rings is 2. The maximum Gasteiger partial charge on any atom is 0.131 e. The van der Waals surface area contributed by atoms with E-state index in [4.69, 9.17) is 22.1 Å². The van der Waals surface area contributed by atoms with Crippen LogP contribution >= 0.6 is 38.9 Å². The SMILES string of the molecule is CC.Clc1cc(NCc2ccncc2)c2scc(Br)c2n1.NC1CCCOC1. The number of hydrogen-bond acceptors (Lipinski definition) is 6. The average molecular weight is 486 g/mol. The van der Waals surface area contributed by atoms with Gasteiger partial charge in [-0.3, -0.25) is 4.98 Å². The molecule has 1 atom stereocenters. The molecule has 0 aliphatic carbocycles. The first-order valence-corrected chi connectivity index (χ1v) is 11.4. The molecule has 1 aliphatic heterocycles. The summed E-state index contributed by atoms with van der Waals surface area (Å²) in [6, 6.07) is 6.14. The van der Waals surface area contributed by atoms with Crippen molar-refractivity contribution in [3.8, 4) is 0 Å². The number of aromatic nitrogens is 2. The zero-order valence-corrected chi connectivity index (χ0v) is 19.3. The van der Waals surface area contributed by atoms with Crippen LogP contribution < -0.4 is 11.1 Å². The highest BCUT2D eigenvalue weighted by atomic mass is 79.9. The Morgan fingerprint density at radius 3 is 2.71 bits per heavy atom. The Hall–Kier alpha value is -1.25. The summed E-state index contributed by atoms with van der Waals surface area (Å²) < 4.78 is 7.13. The summed E-state index contributed by atoms with van der Waals surface area (Å²) in [5, 5.41) is 5.90.